The molecule has 0 saturated carbocycles. The molecule has 1 fully saturated rings. The second kappa shape index (κ2) is 6.06. The van der Waals surface area contributed by atoms with Crippen molar-refractivity contribution in [3.8, 4) is 0 Å². The fraction of sp³-hybridized carbons (Fsp3) is 0.429. The van der Waals surface area contributed by atoms with Gasteiger partial charge in [-0.2, -0.15) is 0 Å². The summed E-state index contributed by atoms with van der Waals surface area (Å²) in [6.07, 6.45) is 2.06. The van der Waals surface area contributed by atoms with Crippen molar-refractivity contribution in [3.05, 3.63) is 29.3 Å². The highest BCUT2D eigenvalue weighted by molar-refractivity contribution is 6.41. The quantitative estimate of drug-likeness (QED) is 0.804. The summed E-state index contributed by atoms with van der Waals surface area (Å²) in [6.45, 7) is 3.39. The van der Waals surface area contributed by atoms with E-state index in [-0.39, 0.29) is 0 Å². The first kappa shape index (κ1) is 13.9. The van der Waals surface area contributed by atoms with Crippen LogP contribution in [0.3, 0.4) is 0 Å². The van der Waals surface area contributed by atoms with Gasteiger partial charge in [-0.25, -0.2) is 0 Å². The summed E-state index contributed by atoms with van der Waals surface area (Å²) in [7, 11) is 0. The van der Waals surface area contributed by atoms with Crippen molar-refractivity contribution in [2.75, 3.05) is 18.4 Å². The van der Waals surface area contributed by atoms with E-state index >= 15 is 0 Å². The van der Waals surface area contributed by atoms with Gasteiger partial charge in [0.25, 0.3) is 0 Å². The Labute approximate surface area is 117 Å². The number of rotatable bonds is 1. The molecule has 5 heteroatoms. The maximum atomic E-state index is 12.0. The Kier molecular flexibility index (Phi) is 4.43. The van der Waals surface area contributed by atoms with Gasteiger partial charge in [0.2, 0.25) is 0 Å². The van der Waals surface area contributed by atoms with Gasteiger partial charge in [0.15, 0.2) is 0 Å². The maximum Gasteiger partial charge on any atom is 0.313 e. The number of likely N-dealkylation sites (tertiary alicyclic amines) is 1. The average Bonchev–Trinajstić information content (AvgIpc) is 2.40. The number of piperidine rings is 1. The zero-order valence-electron chi connectivity index (χ0n) is 10.9. The number of nitrogens with zero attached hydrogens (tertiary/aromatic N) is 1. The second-order valence-corrected chi connectivity index (χ2v) is 5.34. The lowest BCUT2D eigenvalue weighted by atomic mass is 10.0. The number of carbonyl (C=O) groups is 2. The highest BCUT2D eigenvalue weighted by Gasteiger charge is 2.26. The fourth-order valence-electron chi connectivity index (χ4n) is 2.26. The summed E-state index contributed by atoms with van der Waals surface area (Å²) in [6, 6.07) is 6.87. The molecule has 1 heterocycles. The number of hydrogen-bond donors (Lipinski definition) is 1. The van der Waals surface area contributed by atoms with Crippen molar-refractivity contribution in [2.45, 2.75) is 19.8 Å². The fourth-order valence-corrected chi connectivity index (χ4v) is 2.44. The van der Waals surface area contributed by atoms with Gasteiger partial charge >= 0.3 is 11.8 Å². The number of anilines is 1. The molecule has 2 rings (SSSR count). The second-order valence-electron chi connectivity index (χ2n) is 4.93. The van der Waals surface area contributed by atoms with Gasteiger partial charge in [-0.05, 0) is 30.9 Å². The molecule has 0 spiro atoms. The number of halogens is 1. The number of para-hydroxylation sites is 1. The minimum Gasteiger partial charge on any atom is -0.334 e. The summed E-state index contributed by atoms with van der Waals surface area (Å²) in [4.78, 5) is 25.6. The lowest BCUT2D eigenvalue weighted by Crippen LogP contribution is -2.44. The SMILES string of the molecule is CC1CCCN(C(=O)C(=O)Nc2ccccc2Cl)C1. The number of amides is 2. The molecule has 1 saturated heterocycles. The number of carbonyl (C=O) groups excluding carboxylic acids is 2. The Bertz CT molecular complexity index is 490. The van der Waals surface area contributed by atoms with Crippen molar-refractivity contribution in [3.63, 3.8) is 0 Å². The molecule has 1 aliphatic rings. The monoisotopic (exact) mass is 280 g/mol. The standard InChI is InChI=1S/C14H17ClN2O2/c1-10-5-4-8-17(9-10)14(19)13(18)16-12-7-3-2-6-11(12)15/h2-3,6-7,10H,4-5,8-9H2,1H3,(H,16,18). The number of benzene rings is 1. The Morgan fingerprint density at radius 3 is 2.79 bits per heavy atom. The van der Waals surface area contributed by atoms with Gasteiger partial charge in [0.1, 0.15) is 0 Å². The Morgan fingerprint density at radius 1 is 1.37 bits per heavy atom. The van der Waals surface area contributed by atoms with E-state index < -0.39 is 11.8 Å². The van der Waals surface area contributed by atoms with Crippen LogP contribution in [0.25, 0.3) is 0 Å². The first-order valence-corrected chi connectivity index (χ1v) is 6.80. The first-order chi connectivity index (χ1) is 9.08. The molecule has 0 aromatic heterocycles. The minimum absolute atomic E-state index is 0.427. The van der Waals surface area contributed by atoms with Crippen LogP contribution < -0.4 is 5.32 Å². The lowest BCUT2D eigenvalue weighted by molar-refractivity contribution is -0.144. The summed E-state index contributed by atoms with van der Waals surface area (Å²) < 4.78 is 0. The van der Waals surface area contributed by atoms with Crippen LogP contribution in [0.4, 0.5) is 5.69 Å². The number of hydrogen-bond acceptors (Lipinski definition) is 2. The van der Waals surface area contributed by atoms with Crippen LogP contribution in [0.15, 0.2) is 24.3 Å². The van der Waals surface area contributed by atoms with Crippen LogP contribution in [0, 0.1) is 5.92 Å². The van der Waals surface area contributed by atoms with Crippen LogP contribution >= 0.6 is 11.6 Å². The highest BCUT2D eigenvalue weighted by Crippen LogP contribution is 2.21. The third-order valence-electron chi connectivity index (χ3n) is 3.26. The molecule has 0 aliphatic carbocycles. The highest BCUT2D eigenvalue weighted by atomic mass is 35.5. The molecule has 0 radical (unpaired) electrons. The van der Waals surface area contributed by atoms with Crippen molar-refractivity contribution in [1.82, 2.24) is 4.90 Å². The third kappa shape index (κ3) is 3.47. The molecule has 1 atom stereocenters. The molecule has 4 nitrogen and oxygen atoms in total. The predicted octanol–water partition coefficient (Wildman–Crippen LogP) is 2.54. The first-order valence-electron chi connectivity index (χ1n) is 6.42. The van der Waals surface area contributed by atoms with E-state index in [1.54, 1.807) is 29.2 Å². The summed E-state index contributed by atoms with van der Waals surface area (Å²) in [5, 5.41) is 2.99. The van der Waals surface area contributed by atoms with Gasteiger partial charge in [-0.1, -0.05) is 30.7 Å². The van der Waals surface area contributed by atoms with Gasteiger partial charge in [-0.3, -0.25) is 9.59 Å². The zero-order valence-corrected chi connectivity index (χ0v) is 11.6. The normalized spacial score (nSPS) is 19.1. The van der Waals surface area contributed by atoms with Crippen LogP contribution in [0.5, 0.6) is 0 Å². The molecule has 1 aliphatic heterocycles. The summed E-state index contributed by atoms with van der Waals surface area (Å²) in [5.41, 5.74) is 0.465. The zero-order chi connectivity index (χ0) is 13.8. The van der Waals surface area contributed by atoms with E-state index in [0.717, 1.165) is 12.8 Å². The lowest BCUT2D eigenvalue weighted by Gasteiger charge is -2.30. The molecule has 102 valence electrons. The molecule has 2 amide bonds. The van der Waals surface area contributed by atoms with Crippen LogP contribution in [0.1, 0.15) is 19.8 Å². The van der Waals surface area contributed by atoms with Gasteiger partial charge in [-0.15, -0.1) is 0 Å². The van der Waals surface area contributed by atoms with E-state index in [2.05, 4.69) is 12.2 Å². The van der Waals surface area contributed by atoms with Crippen molar-refractivity contribution in [1.29, 1.82) is 0 Å². The summed E-state index contributed by atoms with van der Waals surface area (Å²) >= 11 is 5.94. The van der Waals surface area contributed by atoms with Crippen LogP contribution in [-0.2, 0) is 9.59 Å². The van der Waals surface area contributed by atoms with E-state index in [9.17, 15) is 9.59 Å². The molecule has 1 N–H and O–H groups in total. The van der Waals surface area contributed by atoms with E-state index in [1.807, 2.05) is 0 Å². The van der Waals surface area contributed by atoms with E-state index in [1.165, 1.54) is 0 Å². The summed E-state index contributed by atoms with van der Waals surface area (Å²) in [5.74, 6) is -0.653. The number of nitrogens with one attached hydrogen (secondary N) is 1. The minimum atomic E-state index is -0.623. The molecular weight excluding hydrogens is 264 g/mol. The Balaban J connectivity index is 2.00. The van der Waals surface area contributed by atoms with Gasteiger partial charge in [0, 0.05) is 13.1 Å². The molecule has 0 bridgehead atoms. The Morgan fingerprint density at radius 2 is 2.11 bits per heavy atom. The van der Waals surface area contributed by atoms with Gasteiger partial charge in [0.05, 0.1) is 10.7 Å². The van der Waals surface area contributed by atoms with E-state index in [4.69, 9.17) is 11.6 Å². The average molecular weight is 281 g/mol. The molecule has 1 aromatic carbocycles. The predicted molar refractivity (Wildman–Crippen MR) is 75.1 cm³/mol. The largest absolute Gasteiger partial charge is 0.334 e. The van der Waals surface area contributed by atoms with Crippen molar-refractivity contribution in [2.24, 2.45) is 5.92 Å². The molecule has 1 aromatic rings. The molecule has 19 heavy (non-hydrogen) atoms. The van der Waals surface area contributed by atoms with E-state index in [0.29, 0.717) is 29.7 Å². The Hall–Kier alpha value is -1.55. The smallest absolute Gasteiger partial charge is 0.313 e. The van der Waals surface area contributed by atoms with Gasteiger partial charge < -0.3 is 10.2 Å². The topological polar surface area (TPSA) is 49.4 Å². The van der Waals surface area contributed by atoms with Crippen LogP contribution in [0.2, 0.25) is 5.02 Å². The third-order valence-corrected chi connectivity index (χ3v) is 3.59. The molecule has 1 unspecified atom stereocenters. The van der Waals surface area contributed by atoms with Crippen LogP contribution in [-0.4, -0.2) is 29.8 Å². The molecular formula is C14H17ClN2O2. The maximum absolute atomic E-state index is 12.0. The van der Waals surface area contributed by atoms with Crippen molar-refractivity contribution >= 4 is 29.1 Å². The van der Waals surface area contributed by atoms with Crippen molar-refractivity contribution < 1.29 is 9.59 Å².